The summed E-state index contributed by atoms with van der Waals surface area (Å²) >= 11 is 0. The largest absolute Gasteiger partial charge is 0.311 e. The summed E-state index contributed by atoms with van der Waals surface area (Å²) in [4.78, 5) is 5.08. The molecule has 1 unspecified atom stereocenters. The van der Waals surface area contributed by atoms with Gasteiger partial charge in [-0.15, -0.1) is 0 Å². The Kier molecular flexibility index (Phi) is 2.87. The van der Waals surface area contributed by atoms with Crippen LogP contribution in [0.1, 0.15) is 37.7 Å². The highest BCUT2D eigenvalue weighted by Crippen LogP contribution is 2.39. The van der Waals surface area contributed by atoms with E-state index in [0.717, 1.165) is 19.4 Å². The minimum absolute atomic E-state index is 0.204. The van der Waals surface area contributed by atoms with Gasteiger partial charge < -0.3 is 5.32 Å². The average Bonchev–Trinajstić information content (AvgIpc) is 2.69. The molecule has 1 atom stereocenters. The Morgan fingerprint density at radius 1 is 1.24 bits per heavy atom. The van der Waals surface area contributed by atoms with Crippen LogP contribution < -0.4 is 10.0 Å². The van der Waals surface area contributed by atoms with E-state index in [4.69, 9.17) is 4.99 Å². The zero-order valence-corrected chi connectivity index (χ0v) is 12.6. The molecule has 0 radical (unpaired) electrons. The molecular formula is C15H19N3O2S. The molecule has 5 nitrogen and oxygen atoms in total. The third-order valence-corrected chi connectivity index (χ3v) is 6.29. The van der Waals surface area contributed by atoms with E-state index in [1.54, 1.807) is 12.1 Å². The fraction of sp³-hybridized carbons (Fsp3) is 0.533. The number of hydrogen-bond acceptors (Lipinski definition) is 4. The fourth-order valence-electron chi connectivity index (χ4n) is 3.64. The second-order valence-corrected chi connectivity index (χ2v) is 7.94. The van der Waals surface area contributed by atoms with Gasteiger partial charge in [0, 0.05) is 11.1 Å². The molecular weight excluding hydrogens is 286 g/mol. The lowest BCUT2D eigenvalue weighted by molar-refractivity contribution is 0.131. The van der Waals surface area contributed by atoms with Crippen molar-refractivity contribution in [2.75, 3.05) is 6.54 Å². The van der Waals surface area contributed by atoms with E-state index < -0.39 is 10.0 Å². The van der Waals surface area contributed by atoms with Crippen LogP contribution in [0, 0.1) is 0 Å². The SMILES string of the molecule is O=S1(=O)NC(=NC2CCNC3(CCC3)C2)c2ccccc21. The van der Waals surface area contributed by atoms with Gasteiger partial charge in [-0.1, -0.05) is 12.1 Å². The first-order chi connectivity index (χ1) is 10.1. The van der Waals surface area contributed by atoms with E-state index in [-0.39, 0.29) is 11.6 Å². The van der Waals surface area contributed by atoms with Crippen LogP contribution in [0.5, 0.6) is 0 Å². The van der Waals surface area contributed by atoms with Gasteiger partial charge in [-0.2, -0.15) is 0 Å². The summed E-state index contributed by atoms with van der Waals surface area (Å²) in [7, 11) is -3.42. The highest BCUT2D eigenvalue weighted by atomic mass is 32.2. The minimum Gasteiger partial charge on any atom is -0.311 e. The highest BCUT2D eigenvalue weighted by Gasteiger charge is 2.41. The average molecular weight is 305 g/mol. The van der Waals surface area contributed by atoms with Crippen molar-refractivity contribution in [2.45, 2.75) is 48.6 Å². The summed E-state index contributed by atoms with van der Waals surface area (Å²) in [5.41, 5.74) is 0.975. The molecule has 2 fully saturated rings. The molecule has 1 spiro atoms. The number of aliphatic imine (C=N–C) groups is 1. The summed E-state index contributed by atoms with van der Waals surface area (Å²) < 4.78 is 26.8. The van der Waals surface area contributed by atoms with E-state index in [1.165, 1.54) is 19.3 Å². The van der Waals surface area contributed by atoms with E-state index in [9.17, 15) is 8.42 Å². The first kappa shape index (κ1) is 13.3. The Labute approximate surface area is 124 Å². The number of sulfonamides is 1. The second kappa shape index (κ2) is 4.55. The van der Waals surface area contributed by atoms with Crippen LogP contribution in [-0.2, 0) is 10.0 Å². The predicted octanol–water partition coefficient (Wildman–Crippen LogP) is 1.40. The predicted molar refractivity (Wildman–Crippen MR) is 80.9 cm³/mol. The summed E-state index contributed by atoms with van der Waals surface area (Å²) in [6.07, 6.45) is 5.70. The maximum atomic E-state index is 12.1. The van der Waals surface area contributed by atoms with Crippen molar-refractivity contribution < 1.29 is 8.42 Å². The number of benzene rings is 1. The van der Waals surface area contributed by atoms with Gasteiger partial charge in [0.25, 0.3) is 10.0 Å². The third kappa shape index (κ3) is 2.17. The van der Waals surface area contributed by atoms with Gasteiger partial charge in [-0.05, 0) is 50.8 Å². The van der Waals surface area contributed by atoms with Crippen molar-refractivity contribution in [3.63, 3.8) is 0 Å². The van der Waals surface area contributed by atoms with Gasteiger partial charge in [-0.25, -0.2) is 8.42 Å². The molecule has 1 aliphatic carbocycles. The maximum Gasteiger partial charge on any atom is 0.263 e. The molecule has 21 heavy (non-hydrogen) atoms. The molecule has 1 saturated heterocycles. The summed E-state index contributed by atoms with van der Waals surface area (Å²) in [5, 5.41) is 3.61. The number of hydrogen-bond donors (Lipinski definition) is 2. The van der Waals surface area contributed by atoms with Crippen molar-refractivity contribution in [3.8, 4) is 0 Å². The van der Waals surface area contributed by atoms with Gasteiger partial charge in [0.05, 0.1) is 10.9 Å². The molecule has 0 bridgehead atoms. The van der Waals surface area contributed by atoms with Crippen LogP contribution in [0.15, 0.2) is 34.2 Å². The molecule has 4 rings (SSSR count). The lowest BCUT2D eigenvalue weighted by Gasteiger charge is -2.47. The van der Waals surface area contributed by atoms with Crippen molar-refractivity contribution in [3.05, 3.63) is 29.8 Å². The summed E-state index contributed by atoms with van der Waals surface area (Å²) in [6.45, 7) is 0.968. The molecule has 112 valence electrons. The standard InChI is InChI=1S/C15H19N3O2S/c19-21(20)13-5-2-1-4-12(13)14(18-21)17-11-6-9-16-15(10-11)7-3-8-15/h1-2,4-5,11,16H,3,6-10H2,(H,17,18). The topological polar surface area (TPSA) is 70.6 Å². The van der Waals surface area contributed by atoms with Crippen molar-refractivity contribution in [2.24, 2.45) is 4.99 Å². The minimum atomic E-state index is -3.42. The number of amidine groups is 1. The molecule has 1 aromatic carbocycles. The Morgan fingerprint density at radius 3 is 2.81 bits per heavy atom. The fourth-order valence-corrected chi connectivity index (χ4v) is 4.88. The Bertz CT molecular complexity index is 707. The Balaban J connectivity index is 1.65. The van der Waals surface area contributed by atoms with Crippen LogP contribution in [0.3, 0.4) is 0 Å². The lowest BCUT2D eigenvalue weighted by Crippen LogP contribution is -2.56. The smallest absolute Gasteiger partial charge is 0.263 e. The Morgan fingerprint density at radius 2 is 2.05 bits per heavy atom. The molecule has 3 aliphatic rings. The lowest BCUT2D eigenvalue weighted by atomic mass is 9.70. The molecule has 0 amide bonds. The van der Waals surface area contributed by atoms with E-state index >= 15 is 0 Å². The second-order valence-electron chi connectivity index (χ2n) is 6.29. The van der Waals surface area contributed by atoms with Crippen LogP contribution in [0.4, 0.5) is 0 Å². The summed E-state index contributed by atoms with van der Waals surface area (Å²) in [6, 6.07) is 7.26. The van der Waals surface area contributed by atoms with Gasteiger partial charge in [0.15, 0.2) is 0 Å². The zero-order valence-electron chi connectivity index (χ0n) is 11.8. The molecule has 2 heterocycles. The molecule has 1 aromatic rings. The van der Waals surface area contributed by atoms with Crippen molar-refractivity contribution in [1.29, 1.82) is 0 Å². The monoisotopic (exact) mass is 305 g/mol. The van der Waals surface area contributed by atoms with Gasteiger partial charge in [0.1, 0.15) is 5.84 Å². The Hall–Kier alpha value is -1.40. The van der Waals surface area contributed by atoms with Crippen LogP contribution >= 0.6 is 0 Å². The summed E-state index contributed by atoms with van der Waals surface area (Å²) in [5.74, 6) is 0.520. The number of rotatable bonds is 1. The molecule has 2 aliphatic heterocycles. The van der Waals surface area contributed by atoms with Crippen LogP contribution in [0.2, 0.25) is 0 Å². The van der Waals surface area contributed by atoms with Gasteiger partial charge >= 0.3 is 0 Å². The number of nitrogens with one attached hydrogen (secondary N) is 2. The third-order valence-electron chi connectivity index (χ3n) is 4.89. The molecule has 0 aromatic heterocycles. The molecule has 6 heteroatoms. The first-order valence-electron chi connectivity index (χ1n) is 7.53. The first-order valence-corrected chi connectivity index (χ1v) is 9.01. The molecule has 2 N–H and O–H groups in total. The zero-order chi connectivity index (χ0) is 14.5. The quantitative estimate of drug-likeness (QED) is 0.824. The van der Waals surface area contributed by atoms with E-state index in [0.29, 0.717) is 16.3 Å². The number of nitrogens with zero attached hydrogens (tertiary/aromatic N) is 1. The number of fused-ring (bicyclic) bond motifs is 1. The molecule has 1 saturated carbocycles. The van der Waals surface area contributed by atoms with Crippen molar-refractivity contribution >= 4 is 15.9 Å². The highest BCUT2D eigenvalue weighted by molar-refractivity contribution is 7.90. The normalized spacial score (nSPS) is 30.7. The van der Waals surface area contributed by atoms with Gasteiger partial charge in [-0.3, -0.25) is 9.71 Å². The maximum absolute atomic E-state index is 12.1. The van der Waals surface area contributed by atoms with E-state index in [1.807, 2.05) is 12.1 Å². The van der Waals surface area contributed by atoms with Crippen molar-refractivity contribution in [1.82, 2.24) is 10.0 Å². The van der Waals surface area contributed by atoms with Gasteiger partial charge in [0.2, 0.25) is 0 Å². The van der Waals surface area contributed by atoms with Crippen LogP contribution in [0.25, 0.3) is 0 Å². The van der Waals surface area contributed by atoms with Crippen LogP contribution in [-0.4, -0.2) is 32.4 Å². The van der Waals surface area contributed by atoms with E-state index in [2.05, 4.69) is 10.0 Å². The number of piperidine rings is 1.